The van der Waals surface area contributed by atoms with Crippen LogP contribution in [0.15, 0.2) is 207 Å². The van der Waals surface area contributed by atoms with Gasteiger partial charge in [-0.05, 0) is 114 Å². The summed E-state index contributed by atoms with van der Waals surface area (Å²) < 4.78 is 63.0. The molecular weight excluding hydrogens is 1090 g/mol. The zero-order valence-corrected chi connectivity index (χ0v) is 47.6. The Morgan fingerprint density at radius 2 is 0.872 bits per heavy atom. The monoisotopic (exact) mass is 1160 g/mol. The van der Waals surface area contributed by atoms with Crippen molar-refractivity contribution in [1.82, 2.24) is 34.9 Å². The third-order valence-electron chi connectivity index (χ3n) is 13.9. The van der Waals surface area contributed by atoms with Crippen molar-refractivity contribution >= 4 is 21.9 Å². The molecule has 11 rings (SSSR count). The molecule has 0 aliphatic rings. The summed E-state index contributed by atoms with van der Waals surface area (Å²) in [5, 5.41) is 18.6. The Balaban J connectivity index is 0.615. The molecule has 0 N–H and O–H groups in total. The lowest BCUT2D eigenvalue weighted by atomic mass is 10.1. The molecule has 0 spiro atoms. The van der Waals surface area contributed by atoms with E-state index in [0.29, 0.717) is 140 Å². The largest absolute Gasteiger partial charge is 0.497 e. The molecule has 0 unspecified atom stereocenters. The minimum absolute atomic E-state index is 0.127. The smallest absolute Gasteiger partial charge is 0.235 e. The average molecular weight is 1160 g/mol. The van der Waals surface area contributed by atoms with Crippen LogP contribution < -0.4 is 39.3 Å². The molecule has 11 aromatic rings. The fraction of sp³-hybridized carbons (Fsp3) is 0.224. The molecule has 0 saturated heterocycles. The topological polar surface area (TPSA) is 199 Å². The molecule has 0 aliphatic carbocycles. The van der Waals surface area contributed by atoms with Gasteiger partial charge in [0.1, 0.15) is 60.6 Å². The average Bonchev–Trinajstić information content (AvgIpc) is 2.05. The maximum Gasteiger partial charge on any atom is 0.235 e. The van der Waals surface area contributed by atoms with E-state index in [1.54, 1.807) is 60.0 Å². The molecule has 0 amide bonds. The van der Waals surface area contributed by atoms with Crippen LogP contribution in [0.5, 0.6) is 34.5 Å². The lowest BCUT2D eigenvalue weighted by molar-refractivity contribution is 0.0923. The fourth-order valence-corrected chi connectivity index (χ4v) is 9.60. The number of ether oxygens (including phenoxy) is 8. The second-order valence-electron chi connectivity index (χ2n) is 20.0. The number of nitrogens with zero attached hydrogens (tertiary/aromatic N) is 7. The highest BCUT2D eigenvalue weighted by molar-refractivity contribution is 5.83. The number of aromatic nitrogens is 6. The van der Waals surface area contributed by atoms with Gasteiger partial charge in [-0.2, -0.15) is 0 Å². The predicted octanol–water partition coefficient (Wildman–Crippen LogP) is 11.0. The van der Waals surface area contributed by atoms with E-state index in [-0.39, 0.29) is 35.6 Å². The SMILES string of the molecule is COc1cccc(COc2c(-c3ccc(OCCOCCn4cc(CN(Cc5ccccc5)Cc5cn(CCOCCOc6ccc(-c7oc8ccccc8c(=O)c7OCc7cccc(OC)c7)cc6)nn5)nn4)cc3)oc3ccccc3c2=O)c1. The summed E-state index contributed by atoms with van der Waals surface area (Å²) >= 11 is 0. The van der Waals surface area contributed by atoms with Crippen LogP contribution in [0.25, 0.3) is 44.6 Å². The Bertz CT molecular complexity index is 3870. The van der Waals surface area contributed by atoms with Gasteiger partial charge in [0, 0.05) is 43.2 Å². The summed E-state index contributed by atoms with van der Waals surface area (Å²) in [6, 6.07) is 54.2. The van der Waals surface area contributed by atoms with Gasteiger partial charge in [-0.25, -0.2) is 9.36 Å². The van der Waals surface area contributed by atoms with E-state index in [2.05, 4.69) is 37.7 Å². The molecule has 0 atom stereocenters. The molecule has 0 saturated carbocycles. The number of para-hydroxylation sites is 2. The van der Waals surface area contributed by atoms with Gasteiger partial charge in [0.05, 0.1) is 75.9 Å². The van der Waals surface area contributed by atoms with E-state index in [0.717, 1.165) is 28.1 Å². The molecular formula is C67H63N7O12. The first-order valence-electron chi connectivity index (χ1n) is 28.1. The first-order chi connectivity index (χ1) is 42.3. The summed E-state index contributed by atoms with van der Waals surface area (Å²) in [4.78, 5) is 29.6. The lowest BCUT2D eigenvalue weighted by Crippen LogP contribution is -2.23. The summed E-state index contributed by atoms with van der Waals surface area (Å²) in [5.74, 6) is 3.58. The van der Waals surface area contributed by atoms with Crippen LogP contribution >= 0.6 is 0 Å². The highest BCUT2D eigenvalue weighted by Gasteiger charge is 2.21. The fourth-order valence-electron chi connectivity index (χ4n) is 9.60. The molecule has 4 aromatic heterocycles. The molecule has 19 nitrogen and oxygen atoms in total. The van der Waals surface area contributed by atoms with E-state index >= 15 is 0 Å². The van der Waals surface area contributed by atoms with Crippen LogP contribution in [-0.2, 0) is 55.4 Å². The highest BCUT2D eigenvalue weighted by atomic mass is 16.5. The zero-order chi connectivity index (χ0) is 58.9. The molecule has 0 radical (unpaired) electrons. The molecule has 0 bridgehead atoms. The Kier molecular flexibility index (Phi) is 19.1. The third-order valence-corrected chi connectivity index (χ3v) is 13.9. The molecule has 19 heteroatoms. The molecule has 0 aliphatic heterocycles. The van der Waals surface area contributed by atoms with Crippen molar-refractivity contribution in [2.24, 2.45) is 0 Å². The lowest BCUT2D eigenvalue weighted by Gasteiger charge is -2.20. The summed E-state index contributed by atoms with van der Waals surface area (Å²) in [5.41, 5.74) is 6.23. The van der Waals surface area contributed by atoms with Crippen LogP contribution in [0, 0.1) is 0 Å². The molecule has 7 aromatic carbocycles. The maximum atomic E-state index is 13.7. The van der Waals surface area contributed by atoms with Crippen LogP contribution in [0.2, 0.25) is 0 Å². The maximum absolute atomic E-state index is 13.7. The van der Waals surface area contributed by atoms with Crippen molar-refractivity contribution in [3.05, 3.63) is 237 Å². The number of fused-ring (bicyclic) bond motifs is 2. The Hall–Kier alpha value is -10.1. The standard InChI is InChI=1S/C67H63N7O12/c1-77-56-16-10-14-48(38-56)45-83-66-62(75)58-18-6-8-20-60(58)85-64(66)50-22-26-54(27-23-50)81-36-34-79-32-30-73-43-52(68-70-73)41-72(40-47-12-4-3-5-13-47)42-53-44-74(71-69-53)31-33-80-35-37-82-55-28-24-51(25-29-55)65-67(63(76)59-19-7-9-21-61(59)86-65)84-46-49-15-11-17-57(39-49)78-2/h3-29,38-39,43-44H,30-37,40-42,45-46H2,1-2H3. The van der Waals surface area contributed by atoms with Gasteiger partial charge < -0.3 is 46.7 Å². The van der Waals surface area contributed by atoms with Gasteiger partial charge in [0.25, 0.3) is 0 Å². The van der Waals surface area contributed by atoms with Crippen LogP contribution in [0.1, 0.15) is 28.1 Å². The van der Waals surface area contributed by atoms with Crippen molar-refractivity contribution < 1.29 is 46.7 Å². The Morgan fingerprint density at radius 3 is 1.34 bits per heavy atom. The van der Waals surface area contributed by atoms with Crippen molar-refractivity contribution in [3.63, 3.8) is 0 Å². The van der Waals surface area contributed by atoms with E-state index in [1.165, 1.54) is 0 Å². The van der Waals surface area contributed by atoms with Crippen molar-refractivity contribution in [3.8, 4) is 57.1 Å². The van der Waals surface area contributed by atoms with Gasteiger partial charge in [0.15, 0.2) is 11.5 Å². The third kappa shape index (κ3) is 15.0. The zero-order valence-electron chi connectivity index (χ0n) is 47.6. The molecule has 86 heavy (non-hydrogen) atoms. The number of rotatable bonds is 30. The van der Waals surface area contributed by atoms with E-state index < -0.39 is 0 Å². The quantitative estimate of drug-likeness (QED) is 0.0385. The van der Waals surface area contributed by atoms with Crippen LogP contribution in [0.3, 0.4) is 0 Å². The number of hydrogen-bond donors (Lipinski definition) is 0. The number of benzene rings is 7. The second kappa shape index (κ2) is 28.5. The van der Waals surface area contributed by atoms with Crippen molar-refractivity contribution in [1.29, 1.82) is 0 Å². The van der Waals surface area contributed by atoms with Crippen molar-refractivity contribution in [2.45, 2.75) is 45.9 Å². The van der Waals surface area contributed by atoms with E-state index in [9.17, 15) is 9.59 Å². The van der Waals surface area contributed by atoms with Gasteiger partial charge in [-0.1, -0.05) is 89.3 Å². The highest BCUT2D eigenvalue weighted by Crippen LogP contribution is 2.35. The summed E-state index contributed by atoms with van der Waals surface area (Å²) in [6.45, 7) is 5.24. The van der Waals surface area contributed by atoms with Crippen LogP contribution in [-0.4, -0.2) is 88.7 Å². The number of hydrogen-bond acceptors (Lipinski definition) is 17. The Morgan fingerprint density at radius 1 is 0.430 bits per heavy atom. The van der Waals surface area contributed by atoms with Gasteiger partial charge in [-0.3, -0.25) is 14.5 Å². The molecule has 0 fully saturated rings. The summed E-state index contributed by atoms with van der Waals surface area (Å²) in [6.07, 6.45) is 3.87. The first-order valence-corrected chi connectivity index (χ1v) is 28.1. The van der Waals surface area contributed by atoms with E-state index in [1.807, 2.05) is 140 Å². The van der Waals surface area contributed by atoms with Gasteiger partial charge >= 0.3 is 0 Å². The van der Waals surface area contributed by atoms with Gasteiger partial charge in [-0.15, -0.1) is 10.2 Å². The number of methoxy groups -OCH3 is 2. The molecule has 438 valence electrons. The Labute approximate surface area is 495 Å². The van der Waals surface area contributed by atoms with Crippen molar-refractivity contribution in [2.75, 3.05) is 53.9 Å². The van der Waals surface area contributed by atoms with Gasteiger partial charge in [0.2, 0.25) is 22.4 Å². The van der Waals surface area contributed by atoms with Crippen LogP contribution in [0.4, 0.5) is 0 Å². The van der Waals surface area contributed by atoms with E-state index in [4.69, 9.17) is 46.7 Å². The first kappa shape index (κ1) is 57.7. The summed E-state index contributed by atoms with van der Waals surface area (Å²) in [7, 11) is 3.21. The second-order valence-corrected chi connectivity index (χ2v) is 20.0. The molecule has 4 heterocycles. The minimum atomic E-state index is -0.253. The predicted molar refractivity (Wildman–Crippen MR) is 323 cm³/mol. The normalized spacial score (nSPS) is 11.3. The minimum Gasteiger partial charge on any atom is -0.497 e.